The maximum absolute atomic E-state index is 13.5. The molecule has 1 aromatic rings. The van der Waals surface area contributed by atoms with Gasteiger partial charge in [0.2, 0.25) is 5.91 Å². The summed E-state index contributed by atoms with van der Waals surface area (Å²) < 4.78 is 16.1. The number of hydrogen-bond donors (Lipinski definition) is 2. The maximum Gasteiger partial charge on any atom is 0.411 e. The number of amides is 2. The Bertz CT molecular complexity index is 791. The molecule has 0 radical (unpaired) electrons. The Balaban J connectivity index is 2.29. The van der Waals surface area contributed by atoms with Gasteiger partial charge in [-0.2, -0.15) is 0 Å². The van der Waals surface area contributed by atoms with E-state index >= 15 is 0 Å². The summed E-state index contributed by atoms with van der Waals surface area (Å²) in [6.07, 6.45) is -0.954. The summed E-state index contributed by atoms with van der Waals surface area (Å²) in [6.45, 7) is 7.06. The maximum atomic E-state index is 13.5. The van der Waals surface area contributed by atoms with Crippen molar-refractivity contribution < 1.29 is 33.7 Å². The van der Waals surface area contributed by atoms with Gasteiger partial charge in [-0.05, 0) is 46.1 Å². The Morgan fingerprint density at radius 2 is 1.88 bits per heavy atom. The minimum Gasteiger partial charge on any atom is -0.467 e. The van der Waals surface area contributed by atoms with Crippen molar-refractivity contribution in [2.45, 2.75) is 70.4 Å². The van der Waals surface area contributed by atoms with Crippen LogP contribution >= 0.6 is 0 Å². The van der Waals surface area contributed by atoms with Gasteiger partial charge >= 0.3 is 12.1 Å². The van der Waals surface area contributed by atoms with Crippen LogP contribution in [0.4, 0.5) is 4.79 Å². The van der Waals surface area contributed by atoms with Gasteiger partial charge in [0.25, 0.3) is 0 Å². The quantitative estimate of drug-likeness (QED) is 0.582. The number of aliphatic hydroxyl groups is 1. The first-order valence-corrected chi connectivity index (χ1v) is 10.7. The van der Waals surface area contributed by atoms with Crippen molar-refractivity contribution in [3.63, 3.8) is 0 Å². The molecule has 1 aliphatic rings. The van der Waals surface area contributed by atoms with Gasteiger partial charge in [-0.3, -0.25) is 9.69 Å². The van der Waals surface area contributed by atoms with Crippen LogP contribution in [0, 0.1) is 0 Å². The lowest BCUT2D eigenvalue weighted by atomic mass is 9.95. The summed E-state index contributed by atoms with van der Waals surface area (Å²) in [5.74, 6) is -1.39. The summed E-state index contributed by atoms with van der Waals surface area (Å²) in [7, 11) is 1.17. The zero-order valence-electron chi connectivity index (χ0n) is 19.4. The fourth-order valence-electron chi connectivity index (χ4n) is 3.60. The van der Waals surface area contributed by atoms with Gasteiger partial charge in [0.15, 0.2) is 6.04 Å². The van der Waals surface area contributed by atoms with E-state index in [1.165, 1.54) is 18.9 Å². The number of nitrogens with zero attached hydrogens (tertiary/aromatic N) is 1. The van der Waals surface area contributed by atoms with Gasteiger partial charge in [-0.1, -0.05) is 30.3 Å². The third-order valence-corrected chi connectivity index (χ3v) is 5.20. The summed E-state index contributed by atoms with van der Waals surface area (Å²) >= 11 is 0. The standard InChI is InChI=1S/C23H34N2O7/c1-16(26)18(19(27)30-5)24-20(28)23(15-31-14-17-10-7-6-8-11-17)12-9-13-25(23)21(29)32-22(2,3)4/h6-8,10-11,16,18,26H,9,12-15H2,1-5H3,(H,24,28). The lowest BCUT2D eigenvalue weighted by Crippen LogP contribution is -2.64. The number of ether oxygens (including phenoxy) is 3. The highest BCUT2D eigenvalue weighted by molar-refractivity contribution is 5.94. The lowest BCUT2D eigenvalue weighted by Gasteiger charge is -2.38. The third kappa shape index (κ3) is 6.43. The van der Waals surface area contributed by atoms with Gasteiger partial charge in [0.05, 0.1) is 26.4 Å². The van der Waals surface area contributed by atoms with E-state index in [9.17, 15) is 19.5 Å². The van der Waals surface area contributed by atoms with Crippen LogP contribution in [-0.4, -0.2) is 71.5 Å². The van der Waals surface area contributed by atoms with E-state index in [2.05, 4.69) is 5.32 Å². The smallest absolute Gasteiger partial charge is 0.411 e. The average Bonchev–Trinajstić information content (AvgIpc) is 3.16. The molecule has 1 heterocycles. The molecule has 0 bridgehead atoms. The van der Waals surface area contributed by atoms with Gasteiger partial charge in [-0.25, -0.2) is 9.59 Å². The van der Waals surface area contributed by atoms with Gasteiger partial charge < -0.3 is 24.6 Å². The predicted molar refractivity (Wildman–Crippen MR) is 117 cm³/mol. The Labute approximate surface area is 189 Å². The van der Waals surface area contributed by atoms with Crippen LogP contribution in [0.15, 0.2) is 30.3 Å². The van der Waals surface area contributed by atoms with Crippen LogP contribution in [0.25, 0.3) is 0 Å². The molecular weight excluding hydrogens is 416 g/mol. The Hall–Kier alpha value is -2.65. The zero-order valence-corrected chi connectivity index (χ0v) is 19.4. The largest absolute Gasteiger partial charge is 0.467 e. The number of carbonyl (C=O) groups is 3. The summed E-state index contributed by atoms with van der Waals surface area (Å²) in [4.78, 5) is 39.8. The minimum absolute atomic E-state index is 0.0966. The number of aliphatic hydroxyl groups excluding tert-OH is 1. The molecule has 9 nitrogen and oxygen atoms in total. The van der Waals surface area contributed by atoms with Crippen LogP contribution in [0.1, 0.15) is 46.1 Å². The SMILES string of the molecule is COC(=O)C(NC(=O)C1(COCc2ccccc2)CCCN1C(=O)OC(C)(C)C)C(C)O. The number of nitrogens with one attached hydrogen (secondary N) is 1. The van der Waals surface area contributed by atoms with E-state index in [0.717, 1.165) is 5.56 Å². The molecule has 0 aliphatic carbocycles. The van der Waals surface area contributed by atoms with Crippen LogP contribution in [0.2, 0.25) is 0 Å². The van der Waals surface area contributed by atoms with Gasteiger partial charge in [0.1, 0.15) is 11.1 Å². The topological polar surface area (TPSA) is 114 Å². The van der Waals surface area contributed by atoms with E-state index in [0.29, 0.717) is 19.4 Å². The predicted octanol–water partition coefficient (Wildman–Crippen LogP) is 2.01. The van der Waals surface area contributed by atoms with E-state index in [-0.39, 0.29) is 13.2 Å². The van der Waals surface area contributed by atoms with Crippen molar-refractivity contribution in [1.82, 2.24) is 10.2 Å². The summed E-state index contributed by atoms with van der Waals surface area (Å²) in [5, 5.41) is 12.5. The van der Waals surface area contributed by atoms with Crippen LogP contribution < -0.4 is 5.32 Å². The molecule has 0 spiro atoms. The number of carbonyl (C=O) groups excluding carboxylic acids is 3. The first-order chi connectivity index (χ1) is 15.0. The molecule has 3 unspecified atom stereocenters. The Morgan fingerprint density at radius 1 is 1.22 bits per heavy atom. The molecule has 2 rings (SSSR count). The first kappa shape index (κ1) is 25.6. The first-order valence-electron chi connectivity index (χ1n) is 10.7. The van der Waals surface area contributed by atoms with E-state index in [1.54, 1.807) is 20.8 Å². The van der Waals surface area contributed by atoms with Crippen molar-refractivity contribution in [2.24, 2.45) is 0 Å². The molecule has 0 aromatic heterocycles. The number of hydrogen-bond acceptors (Lipinski definition) is 7. The van der Waals surface area contributed by atoms with Crippen molar-refractivity contribution in [2.75, 3.05) is 20.3 Å². The van der Waals surface area contributed by atoms with Gasteiger partial charge in [-0.15, -0.1) is 0 Å². The highest BCUT2D eigenvalue weighted by Gasteiger charge is 2.52. The van der Waals surface area contributed by atoms with Crippen molar-refractivity contribution >= 4 is 18.0 Å². The molecule has 32 heavy (non-hydrogen) atoms. The van der Waals surface area contributed by atoms with E-state index in [4.69, 9.17) is 14.2 Å². The van der Waals surface area contributed by atoms with Crippen LogP contribution in [-0.2, 0) is 30.4 Å². The highest BCUT2D eigenvalue weighted by atomic mass is 16.6. The molecule has 1 aromatic carbocycles. The minimum atomic E-state index is -1.39. The third-order valence-electron chi connectivity index (χ3n) is 5.20. The Morgan fingerprint density at radius 3 is 2.44 bits per heavy atom. The number of methoxy groups -OCH3 is 1. The van der Waals surface area contributed by atoms with E-state index < -0.39 is 41.3 Å². The molecule has 9 heteroatoms. The molecule has 2 amide bonds. The summed E-state index contributed by atoms with van der Waals surface area (Å²) in [5.41, 5.74) is -1.22. The summed E-state index contributed by atoms with van der Waals surface area (Å²) in [6, 6.07) is 8.17. The number of benzene rings is 1. The second-order valence-electron chi connectivity index (χ2n) is 8.96. The van der Waals surface area contributed by atoms with Crippen LogP contribution in [0.5, 0.6) is 0 Å². The zero-order chi connectivity index (χ0) is 23.9. The second-order valence-corrected chi connectivity index (χ2v) is 8.96. The molecule has 1 aliphatic heterocycles. The molecular formula is C23H34N2O7. The molecule has 178 valence electrons. The molecule has 1 fully saturated rings. The molecule has 2 N–H and O–H groups in total. The highest BCUT2D eigenvalue weighted by Crippen LogP contribution is 2.32. The number of rotatable bonds is 8. The molecule has 0 saturated carbocycles. The molecule has 3 atom stereocenters. The number of likely N-dealkylation sites (tertiary alicyclic amines) is 1. The fraction of sp³-hybridized carbons (Fsp3) is 0.609. The van der Waals surface area contributed by atoms with Gasteiger partial charge in [0, 0.05) is 6.54 Å². The monoisotopic (exact) mass is 450 g/mol. The number of esters is 1. The fourth-order valence-corrected chi connectivity index (χ4v) is 3.60. The van der Waals surface area contributed by atoms with Crippen LogP contribution in [0.3, 0.4) is 0 Å². The normalized spacial score (nSPS) is 20.4. The van der Waals surface area contributed by atoms with Crippen molar-refractivity contribution in [1.29, 1.82) is 0 Å². The average molecular weight is 451 g/mol. The molecule has 1 saturated heterocycles. The van der Waals surface area contributed by atoms with Crippen molar-refractivity contribution in [3.05, 3.63) is 35.9 Å². The second kappa shape index (κ2) is 10.8. The van der Waals surface area contributed by atoms with Crippen molar-refractivity contribution in [3.8, 4) is 0 Å². The Kier molecular flexibility index (Phi) is 8.63. The lowest BCUT2D eigenvalue weighted by molar-refractivity contribution is -0.151. The van der Waals surface area contributed by atoms with E-state index in [1.807, 2.05) is 30.3 Å².